The van der Waals surface area contributed by atoms with E-state index in [1.165, 1.54) is 0 Å². The lowest BCUT2D eigenvalue weighted by Crippen LogP contribution is -2.19. The molecule has 0 amide bonds. The predicted octanol–water partition coefficient (Wildman–Crippen LogP) is 2.29. The highest BCUT2D eigenvalue weighted by Crippen LogP contribution is 2.17. The van der Waals surface area contributed by atoms with Crippen LogP contribution >= 0.6 is 0 Å². The lowest BCUT2D eigenvalue weighted by atomic mass is 9.97. The Morgan fingerprint density at radius 1 is 0.722 bits per heavy atom. The summed E-state index contributed by atoms with van der Waals surface area (Å²) in [5, 5.41) is 0. The van der Waals surface area contributed by atoms with Gasteiger partial charge in [0.2, 0.25) is 0 Å². The Kier molecular flexibility index (Phi) is 7.13. The largest absolute Gasteiger partial charge is 0.381 e. The van der Waals surface area contributed by atoms with Crippen molar-refractivity contribution in [3.8, 4) is 0 Å². The first kappa shape index (κ1) is 15.3. The number of methoxy groups -OCH3 is 2. The van der Waals surface area contributed by atoms with E-state index in [1.807, 2.05) is 0 Å². The highest BCUT2D eigenvalue weighted by molar-refractivity contribution is 5.79. The van der Waals surface area contributed by atoms with Crippen molar-refractivity contribution < 1.29 is 19.1 Å². The summed E-state index contributed by atoms with van der Waals surface area (Å²) >= 11 is 0. The Labute approximate surface area is 109 Å². The van der Waals surface area contributed by atoms with Gasteiger partial charge in [0.05, 0.1) is 12.2 Å². The summed E-state index contributed by atoms with van der Waals surface area (Å²) in [6.07, 6.45) is 7.29. The molecule has 2 aliphatic carbocycles. The maximum atomic E-state index is 10.7. The van der Waals surface area contributed by atoms with Crippen LogP contribution < -0.4 is 0 Å². The van der Waals surface area contributed by atoms with E-state index in [0.29, 0.717) is 23.8 Å². The maximum absolute atomic E-state index is 10.7. The third kappa shape index (κ3) is 5.74. The number of carbonyl (C=O) groups is 2. The van der Waals surface area contributed by atoms with Crippen molar-refractivity contribution in [2.24, 2.45) is 0 Å². The van der Waals surface area contributed by atoms with Crippen molar-refractivity contribution >= 4 is 11.6 Å². The Morgan fingerprint density at radius 3 is 1.22 bits per heavy atom. The van der Waals surface area contributed by atoms with Gasteiger partial charge in [0, 0.05) is 39.9 Å². The molecule has 18 heavy (non-hydrogen) atoms. The van der Waals surface area contributed by atoms with Crippen LogP contribution in [0, 0.1) is 0 Å². The second-order valence-corrected chi connectivity index (χ2v) is 4.95. The lowest BCUT2D eigenvalue weighted by Gasteiger charge is -2.18. The monoisotopic (exact) mass is 256 g/mol. The zero-order valence-corrected chi connectivity index (χ0v) is 11.4. The molecule has 104 valence electrons. The molecule has 2 saturated carbocycles. The fraction of sp³-hybridized carbons (Fsp3) is 0.857. The topological polar surface area (TPSA) is 52.6 Å². The predicted molar refractivity (Wildman–Crippen MR) is 68.5 cm³/mol. The third-order valence-electron chi connectivity index (χ3n) is 3.65. The van der Waals surface area contributed by atoms with E-state index in [4.69, 9.17) is 9.47 Å². The molecule has 0 atom stereocenters. The normalized spacial score (nSPS) is 22.6. The molecule has 4 heteroatoms. The number of ketones is 2. The van der Waals surface area contributed by atoms with Crippen molar-refractivity contribution in [3.63, 3.8) is 0 Å². The number of ether oxygens (including phenoxy) is 2. The minimum atomic E-state index is 0.350. The van der Waals surface area contributed by atoms with Gasteiger partial charge in [0.1, 0.15) is 11.6 Å². The van der Waals surface area contributed by atoms with Gasteiger partial charge in [0.15, 0.2) is 0 Å². The van der Waals surface area contributed by atoms with Crippen LogP contribution in [-0.2, 0) is 19.1 Å². The van der Waals surface area contributed by atoms with Gasteiger partial charge in [-0.3, -0.25) is 9.59 Å². The fourth-order valence-electron chi connectivity index (χ4n) is 2.30. The van der Waals surface area contributed by atoms with Gasteiger partial charge in [-0.1, -0.05) is 0 Å². The molecule has 0 radical (unpaired) electrons. The molecule has 0 heterocycles. The van der Waals surface area contributed by atoms with Gasteiger partial charge in [-0.25, -0.2) is 0 Å². The number of hydrogen-bond donors (Lipinski definition) is 0. The molecular formula is C14H24O4. The van der Waals surface area contributed by atoms with Gasteiger partial charge in [-0.15, -0.1) is 0 Å². The van der Waals surface area contributed by atoms with E-state index in [-0.39, 0.29) is 0 Å². The minimum absolute atomic E-state index is 0.350. The first-order valence-electron chi connectivity index (χ1n) is 6.74. The summed E-state index contributed by atoms with van der Waals surface area (Å²) in [6.45, 7) is 0. The van der Waals surface area contributed by atoms with Crippen LogP contribution in [0.15, 0.2) is 0 Å². The molecule has 0 saturated heterocycles. The second-order valence-electron chi connectivity index (χ2n) is 4.95. The van der Waals surface area contributed by atoms with Crippen LogP contribution in [0.5, 0.6) is 0 Å². The lowest BCUT2D eigenvalue weighted by molar-refractivity contribution is -0.123. The average molecular weight is 256 g/mol. The van der Waals surface area contributed by atoms with Crippen LogP contribution in [0.2, 0.25) is 0 Å². The van der Waals surface area contributed by atoms with Crippen molar-refractivity contribution in [3.05, 3.63) is 0 Å². The molecule has 0 aromatic rings. The summed E-state index contributed by atoms with van der Waals surface area (Å²) in [7, 11) is 3.42. The van der Waals surface area contributed by atoms with E-state index in [0.717, 1.165) is 51.4 Å². The molecule has 4 nitrogen and oxygen atoms in total. The maximum Gasteiger partial charge on any atom is 0.133 e. The third-order valence-corrected chi connectivity index (χ3v) is 3.65. The second kappa shape index (κ2) is 8.38. The van der Waals surface area contributed by atoms with Gasteiger partial charge in [0.25, 0.3) is 0 Å². The van der Waals surface area contributed by atoms with Gasteiger partial charge >= 0.3 is 0 Å². The van der Waals surface area contributed by atoms with E-state index in [2.05, 4.69) is 0 Å². The Bertz CT molecular complexity index is 227. The van der Waals surface area contributed by atoms with Gasteiger partial charge < -0.3 is 9.47 Å². The highest BCUT2D eigenvalue weighted by atomic mass is 16.5. The summed E-state index contributed by atoms with van der Waals surface area (Å²) < 4.78 is 10.2. The number of hydrogen-bond acceptors (Lipinski definition) is 4. The first-order valence-corrected chi connectivity index (χ1v) is 6.74. The Balaban J connectivity index is 0.000000180. The summed E-state index contributed by atoms with van der Waals surface area (Å²) in [6, 6.07) is 0. The molecule has 0 spiro atoms. The number of Topliss-reactive ketones (excluding diaryl/α,β-unsaturated/α-hetero) is 2. The van der Waals surface area contributed by atoms with Crippen LogP contribution in [-0.4, -0.2) is 38.0 Å². The quantitative estimate of drug-likeness (QED) is 0.760. The Hall–Kier alpha value is -0.740. The van der Waals surface area contributed by atoms with Crippen molar-refractivity contribution in [1.29, 1.82) is 0 Å². The SMILES string of the molecule is COC1CCC(=O)CC1.COC1CCC(=O)CC1. The summed E-state index contributed by atoms with van der Waals surface area (Å²) in [5.74, 6) is 0.784. The fourth-order valence-corrected chi connectivity index (χ4v) is 2.30. The van der Waals surface area contributed by atoms with Crippen molar-refractivity contribution in [1.82, 2.24) is 0 Å². The highest BCUT2D eigenvalue weighted by Gasteiger charge is 2.17. The molecule has 0 aromatic heterocycles. The molecular weight excluding hydrogens is 232 g/mol. The zero-order chi connectivity index (χ0) is 13.4. The molecule has 2 rings (SSSR count). The van der Waals surface area contributed by atoms with Crippen molar-refractivity contribution in [2.45, 2.75) is 63.6 Å². The molecule has 0 aliphatic heterocycles. The smallest absolute Gasteiger partial charge is 0.133 e. The van der Waals surface area contributed by atoms with E-state index >= 15 is 0 Å². The summed E-state index contributed by atoms with van der Waals surface area (Å²) in [5.41, 5.74) is 0. The van der Waals surface area contributed by atoms with E-state index in [1.54, 1.807) is 14.2 Å². The van der Waals surface area contributed by atoms with Crippen LogP contribution in [0.4, 0.5) is 0 Å². The zero-order valence-electron chi connectivity index (χ0n) is 11.4. The molecule has 0 aromatic carbocycles. The molecule has 2 fully saturated rings. The molecule has 0 bridgehead atoms. The van der Waals surface area contributed by atoms with Crippen LogP contribution in [0.25, 0.3) is 0 Å². The minimum Gasteiger partial charge on any atom is -0.381 e. The van der Waals surface area contributed by atoms with Crippen LogP contribution in [0.3, 0.4) is 0 Å². The van der Waals surface area contributed by atoms with Gasteiger partial charge in [-0.05, 0) is 25.7 Å². The number of carbonyl (C=O) groups excluding carboxylic acids is 2. The summed E-state index contributed by atoms with van der Waals surface area (Å²) in [4.78, 5) is 21.3. The van der Waals surface area contributed by atoms with E-state index in [9.17, 15) is 9.59 Å². The van der Waals surface area contributed by atoms with Crippen molar-refractivity contribution in [2.75, 3.05) is 14.2 Å². The molecule has 2 aliphatic rings. The molecule has 0 unspecified atom stereocenters. The standard InChI is InChI=1S/2C7H12O2/c2*1-9-7-4-2-6(8)3-5-7/h2*7H,2-5H2,1H3. The Morgan fingerprint density at radius 2 is 1.00 bits per heavy atom. The average Bonchev–Trinajstić information content (AvgIpc) is 2.41. The van der Waals surface area contributed by atoms with E-state index < -0.39 is 0 Å². The van der Waals surface area contributed by atoms with Gasteiger partial charge in [-0.2, -0.15) is 0 Å². The number of rotatable bonds is 2. The van der Waals surface area contributed by atoms with Crippen LogP contribution in [0.1, 0.15) is 51.4 Å². The molecule has 0 N–H and O–H groups in total. The first-order chi connectivity index (χ1) is 8.65.